The van der Waals surface area contributed by atoms with Crippen LogP contribution in [0.15, 0.2) is 0 Å². The molecule has 0 aliphatic carbocycles. The smallest absolute Gasteiger partial charge is 0.236 e. The summed E-state index contributed by atoms with van der Waals surface area (Å²) in [6, 6.07) is 0.525. The number of nitrogens with zero attached hydrogens (tertiary/aromatic N) is 2. The molecule has 1 aliphatic heterocycles. The van der Waals surface area contributed by atoms with Crippen molar-refractivity contribution >= 4 is 5.91 Å². The van der Waals surface area contributed by atoms with Crippen molar-refractivity contribution in [1.82, 2.24) is 15.1 Å². The van der Waals surface area contributed by atoms with Gasteiger partial charge in [0, 0.05) is 19.1 Å². The number of carbonyl (C=O) groups excluding carboxylic acids is 1. The predicted octanol–water partition coefficient (Wildman–Crippen LogP) is 0.929. The van der Waals surface area contributed by atoms with Crippen molar-refractivity contribution < 1.29 is 4.79 Å². The maximum Gasteiger partial charge on any atom is 0.236 e. The zero-order valence-corrected chi connectivity index (χ0v) is 11.5. The Bertz CT molecular complexity index is 221. The molecule has 1 fully saturated rings. The fourth-order valence-electron chi connectivity index (χ4n) is 2.37. The fraction of sp³-hybridized carbons (Fsp3) is 0.923. The summed E-state index contributed by atoms with van der Waals surface area (Å²) < 4.78 is 0. The zero-order valence-electron chi connectivity index (χ0n) is 11.5. The summed E-state index contributed by atoms with van der Waals surface area (Å²) in [6.45, 7) is 11.8. The van der Waals surface area contributed by atoms with Crippen LogP contribution in [0.2, 0.25) is 0 Å². The lowest BCUT2D eigenvalue weighted by atomic mass is 10.1. The average molecular weight is 241 g/mol. The van der Waals surface area contributed by atoms with Crippen LogP contribution in [0.5, 0.6) is 0 Å². The van der Waals surface area contributed by atoms with E-state index in [-0.39, 0.29) is 5.91 Å². The second kappa shape index (κ2) is 7.67. The molecule has 100 valence electrons. The summed E-state index contributed by atoms with van der Waals surface area (Å²) in [5.41, 5.74) is 0. The molecule has 0 aromatic heterocycles. The van der Waals surface area contributed by atoms with Gasteiger partial charge in [0.15, 0.2) is 0 Å². The number of hydrogen-bond donors (Lipinski definition) is 1. The van der Waals surface area contributed by atoms with Crippen LogP contribution in [0.3, 0.4) is 0 Å². The van der Waals surface area contributed by atoms with Crippen LogP contribution < -0.4 is 5.32 Å². The topological polar surface area (TPSA) is 35.6 Å². The Labute approximate surface area is 105 Å². The first-order valence-electron chi connectivity index (χ1n) is 6.94. The number of likely N-dealkylation sites (tertiary alicyclic amines) is 1. The van der Waals surface area contributed by atoms with Gasteiger partial charge in [-0.25, -0.2) is 0 Å². The van der Waals surface area contributed by atoms with Crippen molar-refractivity contribution in [2.75, 3.05) is 39.3 Å². The summed E-state index contributed by atoms with van der Waals surface area (Å²) in [5, 5.41) is 3.40. The van der Waals surface area contributed by atoms with E-state index in [1.807, 2.05) is 18.7 Å². The monoisotopic (exact) mass is 241 g/mol. The minimum Gasteiger partial charge on any atom is -0.342 e. The third kappa shape index (κ3) is 4.64. The molecular weight excluding hydrogens is 214 g/mol. The molecule has 17 heavy (non-hydrogen) atoms. The van der Waals surface area contributed by atoms with E-state index in [1.165, 1.54) is 12.8 Å². The summed E-state index contributed by atoms with van der Waals surface area (Å²) in [6.07, 6.45) is 2.33. The van der Waals surface area contributed by atoms with Gasteiger partial charge >= 0.3 is 0 Å². The summed E-state index contributed by atoms with van der Waals surface area (Å²) >= 11 is 0. The third-order valence-electron chi connectivity index (χ3n) is 3.69. The van der Waals surface area contributed by atoms with Crippen molar-refractivity contribution in [3.8, 4) is 0 Å². The van der Waals surface area contributed by atoms with E-state index >= 15 is 0 Å². The minimum atomic E-state index is 0.230. The highest BCUT2D eigenvalue weighted by Crippen LogP contribution is 2.09. The maximum atomic E-state index is 11.8. The molecule has 4 heteroatoms. The third-order valence-corrected chi connectivity index (χ3v) is 3.69. The number of piperidine rings is 1. The Kier molecular flexibility index (Phi) is 6.52. The van der Waals surface area contributed by atoms with Gasteiger partial charge in [0.2, 0.25) is 5.91 Å². The van der Waals surface area contributed by atoms with Gasteiger partial charge in [-0.2, -0.15) is 0 Å². The van der Waals surface area contributed by atoms with Gasteiger partial charge < -0.3 is 15.1 Å². The number of nitrogens with one attached hydrogen (secondary N) is 1. The van der Waals surface area contributed by atoms with E-state index in [2.05, 4.69) is 17.1 Å². The standard InChI is InChI=1S/C13H27N3O/c1-4-15-9-7-12(8-10-15)14-11-13(17)16(5-2)6-3/h12,14H,4-11H2,1-3H3. The largest absolute Gasteiger partial charge is 0.342 e. The van der Waals surface area contributed by atoms with E-state index < -0.39 is 0 Å². The molecule has 1 amide bonds. The molecule has 0 atom stereocenters. The van der Waals surface area contributed by atoms with Crippen LogP contribution in [0.25, 0.3) is 0 Å². The molecule has 1 heterocycles. The van der Waals surface area contributed by atoms with E-state index in [0.717, 1.165) is 32.7 Å². The van der Waals surface area contributed by atoms with Crippen LogP contribution >= 0.6 is 0 Å². The lowest BCUT2D eigenvalue weighted by Crippen LogP contribution is -2.46. The number of likely N-dealkylation sites (N-methyl/N-ethyl adjacent to an activating group) is 1. The maximum absolute atomic E-state index is 11.8. The fourth-order valence-corrected chi connectivity index (χ4v) is 2.37. The highest BCUT2D eigenvalue weighted by atomic mass is 16.2. The van der Waals surface area contributed by atoms with Crippen molar-refractivity contribution in [2.24, 2.45) is 0 Å². The number of carbonyl (C=O) groups is 1. The lowest BCUT2D eigenvalue weighted by molar-refractivity contribution is -0.130. The number of amides is 1. The normalized spacial score (nSPS) is 18.3. The van der Waals surface area contributed by atoms with Crippen LogP contribution in [0.1, 0.15) is 33.6 Å². The number of rotatable bonds is 6. The molecule has 0 saturated carbocycles. The van der Waals surface area contributed by atoms with Gasteiger partial charge in [0.25, 0.3) is 0 Å². The van der Waals surface area contributed by atoms with Gasteiger partial charge in [-0.1, -0.05) is 6.92 Å². The molecule has 0 radical (unpaired) electrons. The molecule has 1 rings (SSSR count). The first-order valence-corrected chi connectivity index (χ1v) is 6.94. The van der Waals surface area contributed by atoms with Gasteiger partial charge in [0.1, 0.15) is 0 Å². The Morgan fingerprint density at radius 1 is 1.24 bits per heavy atom. The molecule has 4 nitrogen and oxygen atoms in total. The highest BCUT2D eigenvalue weighted by Gasteiger charge is 2.19. The van der Waals surface area contributed by atoms with Gasteiger partial charge in [0.05, 0.1) is 6.54 Å². The van der Waals surface area contributed by atoms with Crippen molar-refractivity contribution in [2.45, 2.75) is 39.7 Å². The van der Waals surface area contributed by atoms with Crippen LogP contribution in [-0.4, -0.2) is 61.0 Å². The molecule has 0 aromatic rings. The molecule has 1 N–H and O–H groups in total. The van der Waals surface area contributed by atoms with E-state index in [1.54, 1.807) is 0 Å². The van der Waals surface area contributed by atoms with Crippen LogP contribution in [-0.2, 0) is 4.79 Å². The summed E-state index contributed by atoms with van der Waals surface area (Å²) in [5.74, 6) is 0.230. The SMILES string of the molecule is CCN1CCC(NCC(=O)N(CC)CC)CC1. The highest BCUT2D eigenvalue weighted by molar-refractivity contribution is 5.78. The molecule has 0 aromatic carbocycles. The molecule has 0 spiro atoms. The lowest BCUT2D eigenvalue weighted by Gasteiger charge is -2.31. The zero-order chi connectivity index (χ0) is 12.7. The average Bonchev–Trinajstić information content (AvgIpc) is 2.38. The summed E-state index contributed by atoms with van der Waals surface area (Å²) in [4.78, 5) is 16.2. The Hall–Kier alpha value is -0.610. The Morgan fingerprint density at radius 2 is 1.82 bits per heavy atom. The second-order valence-corrected chi connectivity index (χ2v) is 4.66. The second-order valence-electron chi connectivity index (χ2n) is 4.66. The first-order chi connectivity index (χ1) is 8.21. The number of hydrogen-bond acceptors (Lipinski definition) is 3. The van der Waals surface area contributed by atoms with Gasteiger partial charge in [-0.3, -0.25) is 4.79 Å². The Morgan fingerprint density at radius 3 is 2.29 bits per heavy atom. The Balaban J connectivity index is 2.21. The van der Waals surface area contributed by atoms with Crippen LogP contribution in [0.4, 0.5) is 0 Å². The first kappa shape index (κ1) is 14.5. The van der Waals surface area contributed by atoms with Crippen molar-refractivity contribution in [3.05, 3.63) is 0 Å². The van der Waals surface area contributed by atoms with Gasteiger partial charge in [-0.05, 0) is 46.3 Å². The molecule has 0 unspecified atom stereocenters. The van der Waals surface area contributed by atoms with E-state index in [0.29, 0.717) is 12.6 Å². The van der Waals surface area contributed by atoms with Crippen LogP contribution in [0, 0.1) is 0 Å². The molecule has 1 aliphatic rings. The predicted molar refractivity (Wildman–Crippen MR) is 71.1 cm³/mol. The van der Waals surface area contributed by atoms with Gasteiger partial charge in [-0.15, -0.1) is 0 Å². The van der Waals surface area contributed by atoms with Crippen molar-refractivity contribution in [3.63, 3.8) is 0 Å². The van der Waals surface area contributed by atoms with E-state index in [4.69, 9.17) is 0 Å². The van der Waals surface area contributed by atoms with Crippen molar-refractivity contribution in [1.29, 1.82) is 0 Å². The van der Waals surface area contributed by atoms with E-state index in [9.17, 15) is 4.79 Å². The summed E-state index contributed by atoms with van der Waals surface area (Å²) in [7, 11) is 0. The quantitative estimate of drug-likeness (QED) is 0.751. The molecule has 1 saturated heterocycles. The minimum absolute atomic E-state index is 0.230. The molecule has 0 bridgehead atoms. The molecular formula is C13H27N3O.